The van der Waals surface area contributed by atoms with E-state index < -0.39 is 5.79 Å². The third-order valence-corrected chi connectivity index (χ3v) is 6.08. The van der Waals surface area contributed by atoms with Crippen LogP contribution in [0.3, 0.4) is 0 Å². The zero-order chi connectivity index (χ0) is 20.3. The van der Waals surface area contributed by atoms with Crippen molar-refractivity contribution in [3.63, 3.8) is 0 Å². The van der Waals surface area contributed by atoms with E-state index in [-0.39, 0.29) is 31.0 Å². The fourth-order valence-corrected chi connectivity index (χ4v) is 4.84. The minimum atomic E-state index is -0.625. The Morgan fingerprint density at radius 1 is 1.03 bits per heavy atom. The lowest BCUT2D eigenvalue weighted by atomic mass is 9.79. The first kappa shape index (κ1) is 18.2. The molecule has 4 aliphatic rings. The monoisotopic (exact) mass is 408 g/mol. The summed E-state index contributed by atoms with van der Waals surface area (Å²) < 4.78 is 36.4. The van der Waals surface area contributed by atoms with Crippen molar-refractivity contribution >= 4 is 0 Å². The molecule has 1 aliphatic carbocycles. The average Bonchev–Trinajstić information content (AvgIpc) is 3.33. The van der Waals surface area contributed by atoms with Crippen LogP contribution < -0.4 is 14.2 Å². The summed E-state index contributed by atoms with van der Waals surface area (Å²) in [6.45, 7) is 5.00. The van der Waals surface area contributed by atoms with Gasteiger partial charge in [0.15, 0.2) is 17.3 Å². The smallest absolute Gasteiger partial charge is 0.231 e. The summed E-state index contributed by atoms with van der Waals surface area (Å²) in [5.41, 5.74) is 3.25. The highest BCUT2D eigenvalue weighted by molar-refractivity contribution is 5.63. The van der Waals surface area contributed by atoms with Crippen LogP contribution in [-0.4, -0.2) is 30.9 Å². The van der Waals surface area contributed by atoms with Gasteiger partial charge in [-0.1, -0.05) is 42.5 Å². The van der Waals surface area contributed by atoms with E-state index in [1.165, 1.54) is 0 Å². The lowest BCUT2D eigenvalue weighted by molar-refractivity contribution is -0.161. The second kappa shape index (κ2) is 6.74. The number of ether oxygens (including phenoxy) is 6. The molecule has 6 rings (SSSR count). The largest absolute Gasteiger partial charge is 0.485 e. The highest BCUT2D eigenvalue weighted by Crippen LogP contribution is 2.53. The maximum Gasteiger partial charge on any atom is 0.231 e. The quantitative estimate of drug-likeness (QED) is 0.714. The van der Waals surface area contributed by atoms with Gasteiger partial charge >= 0.3 is 0 Å². The minimum Gasteiger partial charge on any atom is -0.485 e. The van der Waals surface area contributed by atoms with Gasteiger partial charge in [-0.3, -0.25) is 0 Å². The fraction of sp³-hybridized carbons (Fsp3) is 0.417. The van der Waals surface area contributed by atoms with E-state index in [0.717, 1.165) is 22.4 Å². The van der Waals surface area contributed by atoms with Crippen LogP contribution in [0, 0.1) is 0 Å². The molecule has 2 aromatic carbocycles. The van der Waals surface area contributed by atoms with Gasteiger partial charge in [-0.15, -0.1) is 0 Å². The molecular formula is C24H24O6. The SMILES string of the molecule is CC1(C)O[C@H]2[C@@H]3OCc4cc5c(c(OCc6ccccc6)c4[C@@H]3C=C[C@H]2O1)OCO5. The maximum absolute atomic E-state index is 6.37. The molecule has 4 atom stereocenters. The Balaban J connectivity index is 1.40. The van der Waals surface area contributed by atoms with Crippen LogP contribution in [-0.2, 0) is 27.4 Å². The number of hydrogen-bond acceptors (Lipinski definition) is 6. The highest BCUT2D eigenvalue weighted by Gasteiger charge is 2.51. The van der Waals surface area contributed by atoms with Crippen LogP contribution in [0.5, 0.6) is 17.2 Å². The third-order valence-electron chi connectivity index (χ3n) is 6.08. The van der Waals surface area contributed by atoms with Crippen LogP contribution in [0.2, 0.25) is 0 Å². The predicted octanol–water partition coefficient (Wildman–Crippen LogP) is 4.07. The van der Waals surface area contributed by atoms with Gasteiger partial charge in [0.1, 0.15) is 18.8 Å². The van der Waals surface area contributed by atoms with Gasteiger partial charge in [-0.05, 0) is 31.0 Å². The van der Waals surface area contributed by atoms with Crippen molar-refractivity contribution in [1.82, 2.24) is 0 Å². The topological polar surface area (TPSA) is 55.4 Å². The van der Waals surface area contributed by atoms with Gasteiger partial charge in [-0.25, -0.2) is 0 Å². The van der Waals surface area contributed by atoms with Gasteiger partial charge in [-0.2, -0.15) is 0 Å². The molecule has 1 fully saturated rings. The van der Waals surface area contributed by atoms with Crippen LogP contribution in [0.15, 0.2) is 48.6 Å². The molecule has 6 heteroatoms. The molecule has 0 N–H and O–H groups in total. The molecule has 3 aliphatic heterocycles. The lowest BCUT2D eigenvalue weighted by Gasteiger charge is -2.39. The number of benzene rings is 2. The molecular weight excluding hydrogens is 384 g/mol. The molecule has 2 aromatic rings. The van der Waals surface area contributed by atoms with E-state index >= 15 is 0 Å². The predicted molar refractivity (Wildman–Crippen MR) is 108 cm³/mol. The first-order valence-electron chi connectivity index (χ1n) is 10.4. The third kappa shape index (κ3) is 2.90. The van der Waals surface area contributed by atoms with E-state index in [1.54, 1.807) is 0 Å². The standard InChI is InChI=1S/C24H24O6/c1-24(2)29-17-9-8-16-19-15(12-26-20(16)22(17)30-24)10-18-21(28-13-27-18)23(19)25-11-14-6-4-3-5-7-14/h3-10,16-17,20,22H,11-13H2,1-2H3/t16-,17+,20+,22+/m0/s1. The number of hydrogen-bond donors (Lipinski definition) is 0. The highest BCUT2D eigenvalue weighted by atomic mass is 16.8. The van der Waals surface area contributed by atoms with E-state index in [1.807, 2.05) is 38.1 Å². The van der Waals surface area contributed by atoms with Gasteiger partial charge in [0.25, 0.3) is 0 Å². The Kier molecular flexibility index (Phi) is 4.10. The first-order valence-corrected chi connectivity index (χ1v) is 10.4. The van der Waals surface area contributed by atoms with E-state index in [2.05, 4.69) is 24.3 Å². The van der Waals surface area contributed by atoms with Gasteiger partial charge in [0, 0.05) is 11.5 Å². The molecule has 3 heterocycles. The van der Waals surface area contributed by atoms with E-state index in [0.29, 0.717) is 24.7 Å². The zero-order valence-electron chi connectivity index (χ0n) is 17.0. The molecule has 0 bridgehead atoms. The second-order valence-corrected chi connectivity index (χ2v) is 8.54. The van der Waals surface area contributed by atoms with Crippen LogP contribution in [0.25, 0.3) is 0 Å². The lowest BCUT2D eigenvalue weighted by Crippen LogP contribution is -2.45. The van der Waals surface area contributed by atoms with Crippen molar-refractivity contribution in [2.24, 2.45) is 0 Å². The molecule has 30 heavy (non-hydrogen) atoms. The molecule has 0 amide bonds. The van der Waals surface area contributed by atoms with Crippen molar-refractivity contribution < 1.29 is 28.4 Å². The average molecular weight is 408 g/mol. The van der Waals surface area contributed by atoms with Gasteiger partial charge < -0.3 is 28.4 Å². The van der Waals surface area contributed by atoms with Crippen molar-refractivity contribution in [2.75, 3.05) is 6.79 Å². The molecule has 156 valence electrons. The van der Waals surface area contributed by atoms with Crippen molar-refractivity contribution in [2.45, 2.75) is 57.1 Å². The van der Waals surface area contributed by atoms with Crippen LogP contribution >= 0.6 is 0 Å². The van der Waals surface area contributed by atoms with Crippen LogP contribution in [0.4, 0.5) is 0 Å². The molecule has 0 spiro atoms. The normalized spacial score (nSPS) is 29.8. The zero-order valence-corrected chi connectivity index (χ0v) is 17.0. The Labute approximate surface area is 175 Å². The van der Waals surface area contributed by atoms with Crippen molar-refractivity contribution in [3.05, 3.63) is 65.2 Å². The summed E-state index contributed by atoms with van der Waals surface area (Å²) in [6, 6.07) is 12.1. The Morgan fingerprint density at radius 2 is 1.90 bits per heavy atom. The van der Waals surface area contributed by atoms with Gasteiger partial charge in [0.05, 0.1) is 12.7 Å². The molecule has 0 saturated carbocycles. The summed E-state index contributed by atoms with van der Waals surface area (Å²) in [5, 5.41) is 0. The Hall–Kier alpha value is -2.54. The maximum atomic E-state index is 6.37. The number of fused-ring (bicyclic) bond motifs is 6. The molecule has 6 nitrogen and oxygen atoms in total. The van der Waals surface area contributed by atoms with Crippen LogP contribution in [0.1, 0.15) is 36.5 Å². The number of rotatable bonds is 3. The summed E-state index contributed by atoms with van der Waals surface area (Å²) in [5.74, 6) is 1.48. The molecule has 1 saturated heterocycles. The first-order chi connectivity index (χ1) is 14.6. The molecule has 0 unspecified atom stereocenters. The Bertz CT molecular complexity index is 999. The van der Waals surface area contributed by atoms with E-state index in [9.17, 15) is 0 Å². The second-order valence-electron chi connectivity index (χ2n) is 8.54. The van der Waals surface area contributed by atoms with Crippen molar-refractivity contribution in [3.8, 4) is 17.2 Å². The summed E-state index contributed by atoms with van der Waals surface area (Å²) in [6.07, 6.45) is 3.84. The summed E-state index contributed by atoms with van der Waals surface area (Å²) in [4.78, 5) is 0. The molecule has 0 radical (unpaired) electrons. The Morgan fingerprint density at radius 3 is 2.77 bits per heavy atom. The molecule has 0 aromatic heterocycles. The summed E-state index contributed by atoms with van der Waals surface area (Å²) >= 11 is 0. The minimum absolute atomic E-state index is 0.00669. The van der Waals surface area contributed by atoms with Gasteiger partial charge in [0.2, 0.25) is 12.5 Å². The fourth-order valence-electron chi connectivity index (χ4n) is 4.84. The van der Waals surface area contributed by atoms with Crippen molar-refractivity contribution in [1.29, 1.82) is 0 Å². The summed E-state index contributed by atoms with van der Waals surface area (Å²) in [7, 11) is 0. The van der Waals surface area contributed by atoms with E-state index in [4.69, 9.17) is 28.4 Å².